The molecule has 9 nitrogen and oxygen atoms in total. The average Bonchev–Trinajstić information content (AvgIpc) is 3.30. The van der Waals surface area contributed by atoms with Crippen LogP contribution in [0.2, 0.25) is 0 Å². The molecule has 2 aromatic carbocycles. The van der Waals surface area contributed by atoms with Crippen molar-refractivity contribution in [1.82, 2.24) is 15.3 Å². The predicted octanol–water partition coefficient (Wildman–Crippen LogP) is 3.62. The Hall–Kier alpha value is -3.89. The summed E-state index contributed by atoms with van der Waals surface area (Å²) >= 11 is 0. The molecule has 3 N–H and O–H groups in total. The fourth-order valence-electron chi connectivity index (χ4n) is 4.75. The number of ether oxygens (including phenoxy) is 1. The van der Waals surface area contributed by atoms with Gasteiger partial charge in [-0.3, -0.25) is 9.78 Å². The molecule has 2 heterocycles. The molecule has 0 saturated carbocycles. The number of aromatic amines is 2. The standard InChI is InChI=1S/C28H30BN3O6/c1-27(2)28(3,4)38-29(37-27)18(13-17-14-30-25(34)32-24(17)33)15-31-26(35)36-16-23-21-11-7-5-9-19(21)20-10-6-8-12-22(20)23/h5-14,23H,15-16H2,1-4H3,(H,31,35)(H2,30,32,33,34). The van der Waals surface area contributed by atoms with E-state index < -0.39 is 35.7 Å². The van der Waals surface area contributed by atoms with Gasteiger partial charge in [-0.2, -0.15) is 0 Å². The van der Waals surface area contributed by atoms with E-state index in [0.717, 1.165) is 22.3 Å². The normalized spacial score (nSPS) is 17.7. The van der Waals surface area contributed by atoms with E-state index in [1.165, 1.54) is 6.20 Å². The van der Waals surface area contributed by atoms with Crippen molar-refractivity contribution < 1.29 is 18.8 Å². The summed E-state index contributed by atoms with van der Waals surface area (Å²) < 4.78 is 17.9. The Kier molecular flexibility index (Phi) is 6.62. The molecule has 1 aliphatic carbocycles. The molecule has 2 aliphatic rings. The lowest BCUT2D eigenvalue weighted by Gasteiger charge is -2.32. The lowest BCUT2D eigenvalue weighted by atomic mass is 9.77. The number of hydrogen-bond donors (Lipinski definition) is 3. The zero-order valence-electron chi connectivity index (χ0n) is 21.8. The molecule has 196 valence electrons. The Morgan fingerprint density at radius 2 is 1.58 bits per heavy atom. The van der Waals surface area contributed by atoms with Gasteiger partial charge in [-0.25, -0.2) is 9.59 Å². The van der Waals surface area contributed by atoms with Crippen molar-refractivity contribution in [1.29, 1.82) is 0 Å². The van der Waals surface area contributed by atoms with Crippen LogP contribution in [0.5, 0.6) is 0 Å². The first-order chi connectivity index (χ1) is 18.1. The highest BCUT2D eigenvalue weighted by Gasteiger charge is 2.52. The number of carbonyl (C=O) groups is 1. The molecular weight excluding hydrogens is 485 g/mol. The molecule has 3 aromatic rings. The lowest BCUT2D eigenvalue weighted by molar-refractivity contribution is 0.00578. The van der Waals surface area contributed by atoms with Crippen LogP contribution in [0.1, 0.15) is 50.3 Å². The van der Waals surface area contributed by atoms with E-state index in [4.69, 9.17) is 14.0 Å². The number of carbonyl (C=O) groups excluding carboxylic acids is 1. The van der Waals surface area contributed by atoms with E-state index in [0.29, 0.717) is 5.47 Å². The predicted molar refractivity (Wildman–Crippen MR) is 145 cm³/mol. The maximum absolute atomic E-state index is 12.8. The molecule has 0 atom stereocenters. The van der Waals surface area contributed by atoms with E-state index in [2.05, 4.69) is 39.6 Å². The number of hydrogen-bond acceptors (Lipinski definition) is 6. The van der Waals surface area contributed by atoms with Gasteiger partial charge in [-0.15, -0.1) is 0 Å². The van der Waals surface area contributed by atoms with E-state index in [1.807, 2.05) is 52.0 Å². The number of aromatic nitrogens is 2. The van der Waals surface area contributed by atoms with Gasteiger partial charge in [0.1, 0.15) is 6.61 Å². The quantitative estimate of drug-likeness (QED) is 0.431. The number of benzene rings is 2. The molecule has 0 bridgehead atoms. The number of amides is 1. The second kappa shape index (κ2) is 9.77. The maximum Gasteiger partial charge on any atom is 0.492 e. The Bertz CT molecular complexity index is 1460. The average molecular weight is 515 g/mol. The van der Waals surface area contributed by atoms with Crippen LogP contribution >= 0.6 is 0 Å². The van der Waals surface area contributed by atoms with Crippen LogP contribution in [0.15, 0.2) is 69.8 Å². The maximum atomic E-state index is 12.8. The molecule has 1 amide bonds. The first kappa shape index (κ1) is 25.8. The third-order valence-corrected chi connectivity index (χ3v) is 7.53. The molecule has 0 spiro atoms. The molecule has 0 radical (unpaired) electrons. The summed E-state index contributed by atoms with van der Waals surface area (Å²) in [6, 6.07) is 16.2. The summed E-state index contributed by atoms with van der Waals surface area (Å²) in [5, 5.41) is 2.76. The molecule has 0 unspecified atom stereocenters. The summed E-state index contributed by atoms with van der Waals surface area (Å²) in [6.07, 6.45) is 2.24. The third kappa shape index (κ3) is 4.84. The van der Waals surface area contributed by atoms with Gasteiger partial charge in [-0.05, 0) is 55.4 Å². The third-order valence-electron chi connectivity index (χ3n) is 7.53. The molecule has 1 fully saturated rings. The highest BCUT2D eigenvalue weighted by atomic mass is 16.7. The molecule has 1 aliphatic heterocycles. The zero-order valence-corrected chi connectivity index (χ0v) is 21.8. The van der Waals surface area contributed by atoms with Crippen molar-refractivity contribution in [3.05, 3.63) is 97.7 Å². The van der Waals surface area contributed by atoms with Crippen LogP contribution < -0.4 is 16.6 Å². The summed E-state index contributed by atoms with van der Waals surface area (Å²) in [7, 11) is -0.819. The smallest absolute Gasteiger partial charge is 0.449 e. The van der Waals surface area contributed by atoms with Gasteiger partial charge in [0.25, 0.3) is 5.56 Å². The first-order valence-electron chi connectivity index (χ1n) is 12.5. The molecule has 1 saturated heterocycles. The summed E-state index contributed by atoms with van der Waals surface area (Å²) in [5.74, 6) is -0.0639. The minimum absolute atomic E-state index is 0.00602. The minimum atomic E-state index is -0.819. The molecule has 5 rings (SSSR count). The number of alkyl carbamates (subject to hydrolysis) is 1. The SMILES string of the molecule is CC1(C)OB(C(=Cc2c[nH]c(=O)[nH]c2=O)CNC(=O)OCC2c3ccccc3-c3ccccc32)OC1(C)C. The number of fused-ring (bicyclic) bond motifs is 3. The van der Waals surface area contributed by atoms with Gasteiger partial charge >= 0.3 is 18.9 Å². The Morgan fingerprint density at radius 3 is 2.16 bits per heavy atom. The Labute approximate surface area is 220 Å². The van der Waals surface area contributed by atoms with Crippen molar-refractivity contribution in [3.63, 3.8) is 0 Å². The topological polar surface area (TPSA) is 123 Å². The second-order valence-electron chi connectivity index (χ2n) is 10.5. The second-order valence-corrected chi connectivity index (χ2v) is 10.5. The van der Waals surface area contributed by atoms with Gasteiger partial charge in [0.2, 0.25) is 0 Å². The fraction of sp³-hybridized carbons (Fsp3) is 0.321. The van der Waals surface area contributed by atoms with E-state index in [9.17, 15) is 14.4 Å². The summed E-state index contributed by atoms with van der Waals surface area (Å²) in [5.41, 5.74) is 2.80. The van der Waals surface area contributed by atoms with Crippen LogP contribution in [0, 0.1) is 0 Å². The Balaban J connectivity index is 1.32. The Morgan fingerprint density at radius 1 is 1.00 bits per heavy atom. The van der Waals surface area contributed by atoms with Gasteiger partial charge in [0, 0.05) is 18.7 Å². The van der Waals surface area contributed by atoms with Crippen LogP contribution in [0.3, 0.4) is 0 Å². The van der Waals surface area contributed by atoms with Crippen LogP contribution in [0.4, 0.5) is 4.79 Å². The number of rotatable bonds is 6. The van der Waals surface area contributed by atoms with Crippen molar-refractivity contribution >= 4 is 19.3 Å². The van der Waals surface area contributed by atoms with Gasteiger partial charge in [0.05, 0.1) is 16.8 Å². The summed E-state index contributed by atoms with van der Waals surface area (Å²) in [6.45, 7) is 7.83. The van der Waals surface area contributed by atoms with Gasteiger partial charge < -0.3 is 24.3 Å². The summed E-state index contributed by atoms with van der Waals surface area (Å²) in [4.78, 5) is 41.2. The number of H-pyrrole nitrogens is 2. The van der Waals surface area contributed by atoms with Crippen molar-refractivity contribution in [2.75, 3.05) is 13.2 Å². The molecule has 10 heteroatoms. The van der Waals surface area contributed by atoms with Crippen molar-refractivity contribution in [2.24, 2.45) is 0 Å². The minimum Gasteiger partial charge on any atom is -0.449 e. The first-order valence-corrected chi connectivity index (χ1v) is 12.5. The monoisotopic (exact) mass is 515 g/mol. The zero-order chi connectivity index (χ0) is 27.1. The van der Waals surface area contributed by atoms with Crippen molar-refractivity contribution in [3.8, 4) is 11.1 Å². The van der Waals surface area contributed by atoms with Crippen LogP contribution in [0.25, 0.3) is 17.2 Å². The van der Waals surface area contributed by atoms with Crippen LogP contribution in [-0.4, -0.2) is 47.5 Å². The highest BCUT2D eigenvalue weighted by Crippen LogP contribution is 2.44. The largest absolute Gasteiger partial charge is 0.492 e. The molecular formula is C28H30BN3O6. The van der Waals surface area contributed by atoms with Gasteiger partial charge in [-0.1, -0.05) is 54.6 Å². The highest BCUT2D eigenvalue weighted by molar-refractivity contribution is 6.56. The van der Waals surface area contributed by atoms with Crippen LogP contribution in [-0.2, 0) is 14.0 Å². The van der Waals surface area contributed by atoms with E-state index >= 15 is 0 Å². The lowest BCUT2D eigenvalue weighted by Crippen LogP contribution is -2.41. The number of nitrogens with one attached hydrogen (secondary N) is 3. The van der Waals surface area contributed by atoms with E-state index in [1.54, 1.807) is 6.08 Å². The van der Waals surface area contributed by atoms with E-state index in [-0.39, 0.29) is 24.6 Å². The molecule has 1 aromatic heterocycles. The van der Waals surface area contributed by atoms with Crippen molar-refractivity contribution in [2.45, 2.75) is 44.8 Å². The molecule has 38 heavy (non-hydrogen) atoms. The van der Waals surface area contributed by atoms with Gasteiger partial charge in [0.15, 0.2) is 0 Å². The fourth-order valence-corrected chi connectivity index (χ4v) is 4.75.